The van der Waals surface area contributed by atoms with Crippen molar-refractivity contribution in [3.05, 3.63) is 53.9 Å². The number of hydrogen-bond acceptors (Lipinski definition) is 3. The smallest absolute Gasteiger partial charge is 0.303 e. The Labute approximate surface area is 135 Å². The maximum atomic E-state index is 12.3. The summed E-state index contributed by atoms with van der Waals surface area (Å²) in [5, 5.41) is 15.8. The van der Waals surface area contributed by atoms with E-state index in [9.17, 15) is 9.59 Å². The lowest BCUT2D eigenvalue weighted by atomic mass is 9.97. The molecule has 0 aliphatic carbocycles. The molecule has 0 saturated carbocycles. The Hall–Kier alpha value is -2.63. The molecule has 1 amide bonds. The van der Waals surface area contributed by atoms with Crippen molar-refractivity contribution in [3.8, 4) is 0 Å². The third kappa shape index (κ3) is 5.25. The van der Waals surface area contributed by atoms with Crippen LogP contribution >= 0.6 is 0 Å². The van der Waals surface area contributed by atoms with Crippen molar-refractivity contribution in [2.75, 3.05) is 0 Å². The lowest BCUT2D eigenvalue weighted by Crippen LogP contribution is -2.43. The van der Waals surface area contributed by atoms with E-state index in [0.717, 1.165) is 5.56 Å². The number of carbonyl (C=O) groups is 2. The van der Waals surface area contributed by atoms with Crippen LogP contribution in [0.5, 0.6) is 0 Å². The highest BCUT2D eigenvalue weighted by Gasteiger charge is 2.22. The zero-order chi connectivity index (χ0) is 16.9. The third-order valence-corrected chi connectivity index (χ3v) is 3.54. The number of benzene rings is 1. The van der Waals surface area contributed by atoms with Crippen LogP contribution < -0.4 is 5.32 Å². The number of aromatic nitrogens is 2. The van der Waals surface area contributed by atoms with Gasteiger partial charge < -0.3 is 10.4 Å². The summed E-state index contributed by atoms with van der Waals surface area (Å²) in [5.41, 5.74) is 1.04. The number of carboxylic acid groups (broad SMARTS) is 1. The van der Waals surface area contributed by atoms with Crippen LogP contribution in [0.3, 0.4) is 0 Å². The topological polar surface area (TPSA) is 84.2 Å². The number of aliphatic carboxylic acids is 1. The Morgan fingerprint density at radius 1 is 1.26 bits per heavy atom. The molecule has 0 radical (unpaired) electrons. The average molecular weight is 315 g/mol. The highest BCUT2D eigenvalue weighted by atomic mass is 16.4. The van der Waals surface area contributed by atoms with Gasteiger partial charge in [0.25, 0.3) is 5.91 Å². The van der Waals surface area contributed by atoms with Crippen LogP contribution in [0.2, 0.25) is 0 Å². The highest BCUT2D eigenvalue weighted by Crippen LogP contribution is 2.13. The molecule has 1 aromatic carbocycles. The van der Waals surface area contributed by atoms with Crippen molar-refractivity contribution >= 4 is 11.9 Å². The summed E-state index contributed by atoms with van der Waals surface area (Å²) >= 11 is 0. The second-order valence-corrected chi connectivity index (χ2v) is 6.13. The van der Waals surface area contributed by atoms with Gasteiger partial charge in [-0.25, -0.2) is 0 Å². The fourth-order valence-electron chi connectivity index (χ4n) is 2.20. The number of hydrogen-bond donors (Lipinski definition) is 2. The average Bonchev–Trinajstić information content (AvgIpc) is 2.98. The molecule has 6 nitrogen and oxygen atoms in total. The zero-order valence-electron chi connectivity index (χ0n) is 13.3. The molecule has 23 heavy (non-hydrogen) atoms. The Bertz CT molecular complexity index is 661. The normalized spacial score (nSPS) is 11.2. The van der Waals surface area contributed by atoms with Gasteiger partial charge in [0.2, 0.25) is 0 Å². The van der Waals surface area contributed by atoms with Gasteiger partial charge in [-0.1, -0.05) is 12.1 Å². The Morgan fingerprint density at radius 2 is 1.96 bits per heavy atom. The van der Waals surface area contributed by atoms with Crippen LogP contribution in [0.4, 0.5) is 0 Å². The van der Waals surface area contributed by atoms with E-state index < -0.39 is 11.5 Å². The Morgan fingerprint density at radius 3 is 2.52 bits per heavy atom. The lowest BCUT2D eigenvalue weighted by Gasteiger charge is -2.25. The molecule has 0 aliphatic rings. The number of carbonyl (C=O) groups excluding carboxylic acids is 1. The fraction of sp³-hybridized carbons (Fsp3) is 0.353. The van der Waals surface area contributed by atoms with E-state index >= 15 is 0 Å². The van der Waals surface area contributed by atoms with E-state index in [-0.39, 0.29) is 12.3 Å². The number of nitrogens with zero attached hydrogens (tertiary/aromatic N) is 2. The van der Waals surface area contributed by atoms with Gasteiger partial charge in [0.05, 0.1) is 6.54 Å². The molecule has 0 spiro atoms. The van der Waals surface area contributed by atoms with Crippen LogP contribution in [0.1, 0.15) is 42.6 Å². The van der Waals surface area contributed by atoms with E-state index in [1.165, 1.54) is 0 Å². The molecule has 2 N–H and O–H groups in total. The second-order valence-electron chi connectivity index (χ2n) is 6.13. The van der Waals surface area contributed by atoms with Crippen LogP contribution in [0, 0.1) is 0 Å². The molecule has 0 bridgehead atoms. The predicted octanol–water partition coefficient (Wildman–Crippen LogP) is 2.30. The van der Waals surface area contributed by atoms with E-state index in [1.54, 1.807) is 18.3 Å². The standard InChI is InChI=1S/C17H21N3O3/c1-17(2,9-8-15(21)22)19-16(23)14-6-4-13(5-7-14)12-20-11-3-10-18-20/h3-7,10-11H,8-9,12H2,1-2H3,(H,19,23)(H,21,22). The fourth-order valence-corrected chi connectivity index (χ4v) is 2.20. The van der Waals surface area contributed by atoms with E-state index in [1.807, 2.05) is 42.9 Å². The van der Waals surface area contributed by atoms with Crippen molar-refractivity contribution in [2.24, 2.45) is 0 Å². The maximum absolute atomic E-state index is 12.3. The van der Waals surface area contributed by atoms with Gasteiger partial charge in [-0.2, -0.15) is 5.10 Å². The molecule has 1 aromatic heterocycles. The van der Waals surface area contributed by atoms with Gasteiger partial charge in [0.1, 0.15) is 0 Å². The molecule has 0 unspecified atom stereocenters. The predicted molar refractivity (Wildman–Crippen MR) is 86.2 cm³/mol. The second kappa shape index (κ2) is 7.09. The quantitative estimate of drug-likeness (QED) is 0.821. The monoisotopic (exact) mass is 315 g/mol. The first-order chi connectivity index (χ1) is 10.9. The summed E-state index contributed by atoms with van der Waals surface area (Å²) in [4.78, 5) is 22.9. The SMILES string of the molecule is CC(C)(CCC(=O)O)NC(=O)c1ccc(Cn2cccn2)cc1. The minimum atomic E-state index is -0.865. The van der Waals surface area contributed by atoms with Crippen molar-refractivity contribution < 1.29 is 14.7 Å². The van der Waals surface area contributed by atoms with Gasteiger partial charge in [-0.15, -0.1) is 0 Å². The number of nitrogens with one attached hydrogen (secondary N) is 1. The number of amides is 1. The molecule has 122 valence electrons. The van der Waals surface area contributed by atoms with Crippen molar-refractivity contribution in [1.29, 1.82) is 0 Å². The molecule has 2 aromatic rings. The van der Waals surface area contributed by atoms with Gasteiger partial charge in [0.15, 0.2) is 0 Å². The molecular formula is C17H21N3O3. The molecule has 0 atom stereocenters. The van der Waals surface area contributed by atoms with Crippen molar-refractivity contribution in [1.82, 2.24) is 15.1 Å². The van der Waals surface area contributed by atoms with E-state index in [2.05, 4.69) is 10.4 Å². The van der Waals surface area contributed by atoms with E-state index in [0.29, 0.717) is 18.5 Å². The first-order valence-corrected chi connectivity index (χ1v) is 7.46. The summed E-state index contributed by atoms with van der Waals surface area (Å²) in [5.74, 6) is -1.07. The molecule has 6 heteroatoms. The van der Waals surface area contributed by atoms with Gasteiger partial charge >= 0.3 is 5.97 Å². The lowest BCUT2D eigenvalue weighted by molar-refractivity contribution is -0.137. The van der Waals surface area contributed by atoms with Crippen LogP contribution in [-0.4, -0.2) is 32.3 Å². The summed E-state index contributed by atoms with van der Waals surface area (Å²) in [6.45, 7) is 4.29. The third-order valence-electron chi connectivity index (χ3n) is 3.54. The number of carboxylic acids is 1. The Balaban J connectivity index is 1.95. The summed E-state index contributed by atoms with van der Waals surface area (Å²) in [6, 6.07) is 9.17. The number of rotatable bonds is 7. The van der Waals surface area contributed by atoms with Gasteiger partial charge in [-0.05, 0) is 44.0 Å². The van der Waals surface area contributed by atoms with Gasteiger partial charge in [-0.3, -0.25) is 14.3 Å². The van der Waals surface area contributed by atoms with Crippen molar-refractivity contribution in [2.45, 2.75) is 38.8 Å². The van der Waals surface area contributed by atoms with Gasteiger partial charge in [0, 0.05) is 29.9 Å². The molecule has 0 saturated heterocycles. The van der Waals surface area contributed by atoms with Crippen LogP contribution in [0.25, 0.3) is 0 Å². The molecular weight excluding hydrogens is 294 g/mol. The Kier molecular flexibility index (Phi) is 5.16. The van der Waals surface area contributed by atoms with Crippen molar-refractivity contribution in [3.63, 3.8) is 0 Å². The molecule has 0 aliphatic heterocycles. The minimum Gasteiger partial charge on any atom is -0.481 e. The first kappa shape index (κ1) is 16.7. The largest absolute Gasteiger partial charge is 0.481 e. The summed E-state index contributed by atoms with van der Waals surface area (Å²) in [7, 11) is 0. The zero-order valence-corrected chi connectivity index (χ0v) is 13.3. The molecule has 0 fully saturated rings. The van der Waals surface area contributed by atoms with Crippen LogP contribution in [0.15, 0.2) is 42.7 Å². The summed E-state index contributed by atoms with van der Waals surface area (Å²) in [6.07, 6.45) is 4.01. The maximum Gasteiger partial charge on any atom is 0.303 e. The highest BCUT2D eigenvalue weighted by molar-refractivity contribution is 5.94. The first-order valence-electron chi connectivity index (χ1n) is 7.46. The van der Waals surface area contributed by atoms with Crippen LogP contribution in [-0.2, 0) is 11.3 Å². The summed E-state index contributed by atoms with van der Waals surface area (Å²) < 4.78 is 1.81. The molecule has 2 rings (SSSR count). The van der Waals surface area contributed by atoms with E-state index in [4.69, 9.17) is 5.11 Å². The molecule has 1 heterocycles. The minimum absolute atomic E-state index is 0.0239.